The van der Waals surface area contributed by atoms with E-state index in [1.165, 1.54) is 0 Å². The van der Waals surface area contributed by atoms with E-state index < -0.39 is 6.10 Å². The zero-order chi connectivity index (χ0) is 18.8. The van der Waals surface area contributed by atoms with Crippen LogP contribution >= 0.6 is 0 Å². The molecular weight excluding hydrogens is 332 g/mol. The predicted octanol–water partition coefficient (Wildman–Crippen LogP) is 1.11. The lowest BCUT2D eigenvalue weighted by atomic mass is 10.1. The number of benzene rings is 1. The lowest BCUT2D eigenvalue weighted by molar-refractivity contribution is -0.119. The highest BCUT2D eigenvalue weighted by Crippen LogP contribution is 2.13. The van der Waals surface area contributed by atoms with Crippen LogP contribution in [0.1, 0.15) is 17.2 Å². The van der Waals surface area contributed by atoms with Gasteiger partial charge in [-0.3, -0.25) is 4.79 Å². The maximum absolute atomic E-state index is 11.3. The number of rotatable bonds is 10. The minimum absolute atomic E-state index is 0.0165. The summed E-state index contributed by atoms with van der Waals surface area (Å²) in [6.07, 6.45) is 1.41. The van der Waals surface area contributed by atoms with E-state index in [2.05, 4.69) is 20.9 Å². The summed E-state index contributed by atoms with van der Waals surface area (Å²) < 4.78 is 5.64. The second kappa shape index (κ2) is 10.4. The lowest BCUT2D eigenvalue weighted by Gasteiger charge is -2.13. The zero-order valence-electron chi connectivity index (χ0n) is 15.2. The Morgan fingerprint density at radius 3 is 2.58 bits per heavy atom. The normalized spacial score (nSPS) is 11.7. The molecule has 0 bridgehead atoms. The summed E-state index contributed by atoms with van der Waals surface area (Å²) in [4.78, 5) is 15.5. The molecule has 0 aliphatic carbocycles. The minimum Gasteiger partial charge on any atom is -0.492 e. The average molecular weight is 358 g/mol. The first-order chi connectivity index (χ1) is 12.6. The number of anilines is 1. The summed E-state index contributed by atoms with van der Waals surface area (Å²) in [6, 6.07) is 11.1. The molecular formula is C19H26N4O3. The van der Waals surface area contributed by atoms with Crippen molar-refractivity contribution in [3.8, 4) is 5.75 Å². The Morgan fingerprint density at radius 1 is 1.19 bits per heavy atom. The molecule has 1 aromatic heterocycles. The number of aromatic nitrogens is 1. The Labute approximate surface area is 153 Å². The van der Waals surface area contributed by atoms with Crippen LogP contribution in [0.5, 0.6) is 5.75 Å². The molecule has 1 atom stereocenters. The Kier molecular flexibility index (Phi) is 7.85. The topological polar surface area (TPSA) is 95.5 Å². The fourth-order valence-corrected chi connectivity index (χ4v) is 2.33. The number of hydrogen-bond donors (Lipinski definition) is 4. The average Bonchev–Trinajstić information content (AvgIpc) is 2.68. The van der Waals surface area contributed by atoms with Gasteiger partial charge in [0.25, 0.3) is 0 Å². The van der Waals surface area contributed by atoms with E-state index in [9.17, 15) is 9.90 Å². The molecule has 0 saturated carbocycles. The van der Waals surface area contributed by atoms with Crippen molar-refractivity contribution in [2.45, 2.75) is 12.5 Å². The number of hydrogen-bond acceptors (Lipinski definition) is 6. The first-order valence-electron chi connectivity index (χ1n) is 8.57. The molecule has 1 aromatic carbocycles. The monoisotopic (exact) mass is 358 g/mol. The molecule has 2 rings (SSSR count). The van der Waals surface area contributed by atoms with Crippen LogP contribution in [0.3, 0.4) is 0 Å². The summed E-state index contributed by atoms with van der Waals surface area (Å²) >= 11 is 0. The highest BCUT2D eigenvalue weighted by molar-refractivity contribution is 5.78. The van der Waals surface area contributed by atoms with Crippen LogP contribution in [-0.2, 0) is 11.2 Å². The maximum Gasteiger partial charge on any atom is 0.224 e. The molecule has 0 radical (unpaired) electrons. The van der Waals surface area contributed by atoms with Crippen LogP contribution in [0.15, 0.2) is 42.6 Å². The standard InChI is InChI=1S/C19H26N4O3/c1-20-18-8-5-15(12-23-18)17(24)13-22-9-10-26-16-6-3-14(4-7-16)11-19(25)21-2/h3-8,12,17,22,24H,9-11,13H2,1-2H3,(H,20,23)(H,21,25). The van der Waals surface area contributed by atoms with E-state index >= 15 is 0 Å². The molecule has 0 aliphatic rings. The number of pyridine rings is 1. The second-order valence-electron chi connectivity index (χ2n) is 5.79. The van der Waals surface area contributed by atoms with Crippen LogP contribution in [0.25, 0.3) is 0 Å². The molecule has 2 aromatic rings. The number of nitrogens with one attached hydrogen (secondary N) is 3. The molecule has 0 fully saturated rings. The highest BCUT2D eigenvalue weighted by Gasteiger charge is 2.07. The summed E-state index contributed by atoms with van der Waals surface area (Å²) in [5, 5.41) is 18.8. The van der Waals surface area contributed by atoms with Gasteiger partial charge in [-0.15, -0.1) is 0 Å². The van der Waals surface area contributed by atoms with Crippen LogP contribution < -0.4 is 20.7 Å². The van der Waals surface area contributed by atoms with Crippen LogP contribution in [-0.4, -0.2) is 49.8 Å². The molecule has 7 nitrogen and oxygen atoms in total. The van der Waals surface area contributed by atoms with Crippen molar-refractivity contribution in [1.29, 1.82) is 0 Å². The van der Waals surface area contributed by atoms with Gasteiger partial charge < -0.3 is 25.8 Å². The Hall–Kier alpha value is -2.64. The Balaban J connectivity index is 1.65. The third-order valence-corrected chi connectivity index (χ3v) is 3.88. The van der Waals surface area contributed by atoms with Crippen molar-refractivity contribution in [3.63, 3.8) is 0 Å². The minimum atomic E-state index is -0.614. The molecule has 1 heterocycles. The summed E-state index contributed by atoms with van der Waals surface area (Å²) in [5.41, 5.74) is 1.71. The van der Waals surface area contributed by atoms with Gasteiger partial charge >= 0.3 is 0 Å². The highest BCUT2D eigenvalue weighted by atomic mass is 16.5. The quantitative estimate of drug-likeness (QED) is 0.475. The number of aliphatic hydroxyl groups is 1. The maximum atomic E-state index is 11.3. The molecule has 0 saturated heterocycles. The van der Waals surface area contributed by atoms with E-state index in [4.69, 9.17) is 4.74 Å². The van der Waals surface area contributed by atoms with Crippen LogP contribution in [0.4, 0.5) is 5.82 Å². The summed E-state index contributed by atoms with van der Waals surface area (Å²) in [5.74, 6) is 1.50. The van der Waals surface area contributed by atoms with Gasteiger partial charge in [-0.25, -0.2) is 4.98 Å². The number of nitrogens with zero attached hydrogens (tertiary/aromatic N) is 1. The summed E-state index contributed by atoms with van der Waals surface area (Å²) in [6.45, 7) is 1.52. The SMILES string of the molecule is CNC(=O)Cc1ccc(OCCNCC(O)c2ccc(NC)nc2)cc1. The predicted molar refractivity (Wildman–Crippen MR) is 101 cm³/mol. The van der Waals surface area contributed by atoms with Gasteiger partial charge in [-0.05, 0) is 23.8 Å². The van der Waals surface area contributed by atoms with Crippen LogP contribution in [0.2, 0.25) is 0 Å². The smallest absolute Gasteiger partial charge is 0.224 e. The van der Waals surface area contributed by atoms with Gasteiger partial charge in [0, 0.05) is 38.9 Å². The summed E-state index contributed by atoms with van der Waals surface area (Å²) in [7, 11) is 3.42. The fraction of sp³-hybridized carbons (Fsp3) is 0.368. The van der Waals surface area contributed by atoms with Gasteiger partial charge in [0.05, 0.1) is 12.5 Å². The van der Waals surface area contributed by atoms with Gasteiger partial charge in [-0.2, -0.15) is 0 Å². The van der Waals surface area contributed by atoms with E-state index in [0.717, 1.165) is 22.7 Å². The van der Waals surface area contributed by atoms with E-state index in [1.54, 1.807) is 20.3 Å². The molecule has 4 N–H and O–H groups in total. The number of aliphatic hydroxyl groups excluding tert-OH is 1. The fourth-order valence-electron chi connectivity index (χ4n) is 2.33. The van der Waals surface area contributed by atoms with Crippen molar-refractivity contribution in [1.82, 2.24) is 15.6 Å². The van der Waals surface area contributed by atoms with E-state index in [-0.39, 0.29) is 5.91 Å². The molecule has 7 heteroatoms. The van der Waals surface area contributed by atoms with Gasteiger partial charge in [0.2, 0.25) is 5.91 Å². The Bertz CT molecular complexity index is 674. The van der Waals surface area contributed by atoms with Crippen molar-refractivity contribution < 1.29 is 14.6 Å². The molecule has 140 valence electrons. The largest absolute Gasteiger partial charge is 0.492 e. The van der Waals surface area contributed by atoms with Crippen molar-refractivity contribution in [2.75, 3.05) is 39.1 Å². The zero-order valence-corrected chi connectivity index (χ0v) is 15.2. The molecule has 0 aliphatic heterocycles. The number of amides is 1. The Morgan fingerprint density at radius 2 is 1.96 bits per heavy atom. The molecule has 0 spiro atoms. The van der Waals surface area contributed by atoms with Crippen LogP contribution in [0, 0.1) is 0 Å². The second-order valence-corrected chi connectivity index (χ2v) is 5.79. The molecule has 26 heavy (non-hydrogen) atoms. The first-order valence-corrected chi connectivity index (χ1v) is 8.57. The third-order valence-electron chi connectivity index (χ3n) is 3.88. The van der Waals surface area contributed by atoms with Gasteiger partial charge in [-0.1, -0.05) is 18.2 Å². The third kappa shape index (κ3) is 6.34. The van der Waals surface area contributed by atoms with E-state index in [0.29, 0.717) is 26.1 Å². The lowest BCUT2D eigenvalue weighted by Crippen LogP contribution is -2.26. The van der Waals surface area contributed by atoms with Crippen molar-refractivity contribution >= 4 is 11.7 Å². The number of carbonyl (C=O) groups is 1. The number of likely N-dealkylation sites (N-methyl/N-ethyl adjacent to an activating group) is 1. The first kappa shape index (κ1) is 19.7. The molecule has 1 amide bonds. The van der Waals surface area contributed by atoms with Gasteiger partial charge in [0.1, 0.15) is 18.2 Å². The molecule has 1 unspecified atom stereocenters. The van der Waals surface area contributed by atoms with E-state index in [1.807, 2.05) is 36.4 Å². The number of carbonyl (C=O) groups excluding carboxylic acids is 1. The van der Waals surface area contributed by atoms with Crippen molar-refractivity contribution in [2.24, 2.45) is 0 Å². The van der Waals surface area contributed by atoms with Gasteiger partial charge in [0.15, 0.2) is 0 Å². The van der Waals surface area contributed by atoms with Crippen molar-refractivity contribution in [3.05, 3.63) is 53.7 Å². The number of ether oxygens (including phenoxy) is 1.